The number of pyridine rings is 2. The second-order valence-electron chi connectivity index (χ2n) is 9.97. The molecule has 1 amide bonds. The normalized spacial score (nSPS) is 15.0. The van der Waals surface area contributed by atoms with Crippen LogP contribution in [0.15, 0.2) is 83.8 Å². The average molecular weight is 521 g/mol. The highest BCUT2D eigenvalue weighted by molar-refractivity contribution is 6.18. The number of nitrogens with zero attached hydrogens (tertiary/aromatic N) is 4. The van der Waals surface area contributed by atoms with Crippen LogP contribution in [-0.4, -0.2) is 52.5 Å². The number of ether oxygens (including phenoxy) is 1. The number of carbonyl (C=O) groups excluding carboxylic acids is 1. The lowest BCUT2D eigenvalue weighted by atomic mass is 10.1. The van der Waals surface area contributed by atoms with Crippen molar-refractivity contribution in [3.8, 4) is 5.75 Å². The predicted molar refractivity (Wildman–Crippen MR) is 150 cm³/mol. The molecule has 0 spiro atoms. The van der Waals surface area contributed by atoms with Gasteiger partial charge in [-0.3, -0.25) is 19.0 Å². The minimum atomic E-state index is -0.674. The molecule has 4 heterocycles. The molecule has 3 aromatic heterocycles. The molecule has 39 heavy (non-hydrogen) atoms. The number of rotatable bonds is 4. The number of anilines is 1. The molecule has 8 heteroatoms. The van der Waals surface area contributed by atoms with Crippen molar-refractivity contribution in [2.75, 3.05) is 31.1 Å². The van der Waals surface area contributed by atoms with Crippen LogP contribution >= 0.6 is 0 Å². The zero-order chi connectivity index (χ0) is 26.7. The van der Waals surface area contributed by atoms with E-state index in [-0.39, 0.29) is 17.3 Å². The second kappa shape index (κ2) is 8.94. The molecule has 3 aromatic carbocycles. The summed E-state index contributed by atoms with van der Waals surface area (Å²) in [6.07, 6.45) is 1.09. The minimum absolute atomic E-state index is 0.0775. The smallest absolute Gasteiger partial charge is 0.263 e. The minimum Gasteiger partial charge on any atom is -0.481 e. The van der Waals surface area contributed by atoms with Gasteiger partial charge in [-0.1, -0.05) is 18.2 Å². The van der Waals surface area contributed by atoms with Crippen LogP contribution in [0.4, 0.5) is 10.1 Å². The van der Waals surface area contributed by atoms with Crippen LogP contribution in [0.1, 0.15) is 6.92 Å². The fourth-order valence-electron chi connectivity index (χ4n) is 5.77. The summed E-state index contributed by atoms with van der Waals surface area (Å²) >= 11 is 0. The Morgan fingerprint density at radius 1 is 0.897 bits per heavy atom. The summed E-state index contributed by atoms with van der Waals surface area (Å²) in [4.78, 5) is 35.2. The zero-order valence-corrected chi connectivity index (χ0v) is 21.3. The third-order valence-electron chi connectivity index (χ3n) is 7.71. The number of benzene rings is 3. The van der Waals surface area contributed by atoms with E-state index >= 15 is 0 Å². The van der Waals surface area contributed by atoms with Crippen LogP contribution in [0.3, 0.4) is 0 Å². The fourth-order valence-corrected chi connectivity index (χ4v) is 5.77. The van der Waals surface area contributed by atoms with Gasteiger partial charge in [0.05, 0.1) is 16.6 Å². The van der Waals surface area contributed by atoms with Crippen LogP contribution in [0.2, 0.25) is 0 Å². The highest BCUT2D eigenvalue weighted by atomic mass is 19.1. The first-order valence-electron chi connectivity index (χ1n) is 13.0. The Kier molecular flexibility index (Phi) is 5.36. The maximum absolute atomic E-state index is 13.5. The van der Waals surface area contributed by atoms with Crippen molar-refractivity contribution in [2.45, 2.75) is 13.0 Å². The van der Waals surface area contributed by atoms with Gasteiger partial charge in [-0.2, -0.15) is 0 Å². The summed E-state index contributed by atoms with van der Waals surface area (Å²) in [6.45, 7) is 4.23. The third-order valence-corrected chi connectivity index (χ3v) is 7.71. The number of halogens is 1. The van der Waals surface area contributed by atoms with E-state index in [0.717, 1.165) is 38.4 Å². The van der Waals surface area contributed by atoms with Crippen LogP contribution in [-0.2, 0) is 4.79 Å². The third kappa shape index (κ3) is 3.74. The Bertz CT molecular complexity index is 1930. The van der Waals surface area contributed by atoms with Crippen molar-refractivity contribution >= 4 is 49.7 Å². The quantitative estimate of drug-likeness (QED) is 0.311. The standard InChI is InChI=1S/C31H25FN4O3/c1-19(30(37)35-16-14-34(15-17-35)21-8-6-20(32)7-9-21)39-22-10-11-27-26(18-22)24-12-13-33-28-23-4-2-3-5-25(23)31(38)36(27)29(24)28/h2-13,18-19H,14-17H2,1H3/t19-/m0/s1. The molecular weight excluding hydrogens is 495 g/mol. The monoisotopic (exact) mass is 520 g/mol. The van der Waals surface area contributed by atoms with Gasteiger partial charge in [-0.25, -0.2) is 4.39 Å². The summed E-state index contributed by atoms with van der Waals surface area (Å²) in [5.74, 6) is 0.226. The number of aromatic nitrogens is 2. The lowest BCUT2D eigenvalue weighted by molar-refractivity contribution is -0.138. The van der Waals surface area contributed by atoms with Gasteiger partial charge in [0.2, 0.25) is 0 Å². The van der Waals surface area contributed by atoms with E-state index in [9.17, 15) is 14.0 Å². The van der Waals surface area contributed by atoms with Crippen molar-refractivity contribution in [3.05, 3.63) is 95.2 Å². The maximum atomic E-state index is 13.5. The van der Waals surface area contributed by atoms with Crippen LogP contribution < -0.4 is 15.2 Å². The zero-order valence-electron chi connectivity index (χ0n) is 21.3. The van der Waals surface area contributed by atoms with Gasteiger partial charge >= 0.3 is 0 Å². The molecule has 194 valence electrons. The van der Waals surface area contributed by atoms with E-state index in [1.807, 2.05) is 53.4 Å². The molecule has 6 aromatic rings. The topological polar surface area (TPSA) is 67.1 Å². The molecule has 1 aliphatic rings. The predicted octanol–water partition coefficient (Wildman–Crippen LogP) is 4.85. The Morgan fingerprint density at radius 2 is 1.64 bits per heavy atom. The summed E-state index contributed by atoms with van der Waals surface area (Å²) in [5, 5.41) is 3.25. The summed E-state index contributed by atoms with van der Waals surface area (Å²) in [7, 11) is 0. The van der Waals surface area contributed by atoms with Crippen LogP contribution in [0.25, 0.3) is 38.1 Å². The molecule has 7 nitrogen and oxygen atoms in total. The van der Waals surface area contributed by atoms with Crippen molar-refractivity contribution in [3.63, 3.8) is 0 Å². The van der Waals surface area contributed by atoms with Gasteiger partial charge in [0.1, 0.15) is 11.6 Å². The van der Waals surface area contributed by atoms with Crippen molar-refractivity contribution < 1.29 is 13.9 Å². The Labute approximate surface area is 223 Å². The number of piperazine rings is 1. The summed E-state index contributed by atoms with van der Waals surface area (Å²) in [6, 6.07) is 21.5. The molecule has 7 rings (SSSR count). The molecule has 0 bridgehead atoms. The molecule has 0 unspecified atom stereocenters. The van der Waals surface area contributed by atoms with Crippen LogP contribution in [0, 0.1) is 5.82 Å². The highest BCUT2D eigenvalue weighted by Crippen LogP contribution is 2.34. The molecule has 0 saturated carbocycles. The molecule has 1 saturated heterocycles. The molecular formula is C31H25FN4O3. The molecule has 1 atom stereocenters. The molecule has 0 radical (unpaired) electrons. The average Bonchev–Trinajstić information content (AvgIpc) is 3.31. The fraction of sp³-hybridized carbons (Fsp3) is 0.194. The van der Waals surface area contributed by atoms with Gasteiger partial charge in [-0.05, 0) is 61.5 Å². The first-order chi connectivity index (χ1) is 19.0. The SMILES string of the molecule is C[C@H](Oc1ccc2c(c1)c1ccnc3c4ccccc4c(=O)n2c13)C(=O)N1CCN(c2ccc(F)cc2)CC1. The van der Waals surface area contributed by atoms with E-state index < -0.39 is 6.10 Å². The van der Waals surface area contributed by atoms with Crippen LogP contribution in [0.5, 0.6) is 5.75 Å². The van der Waals surface area contributed by atoms with Crippen molar-refractivity contribution in [2.24, 2.45) is 0 Å². The van der Waals surface area contributed by atoms with Crippen molar-refractivity contribution in [1.29, 1.82) is 0 Å². The summed E-state index contributed by atoms with van der Waals surface area (Å²) < 4.78 is 21.1. The van der Waals surface area contributed by atoms with Gasteiger partial charge in [-0.15, -0.1) is 0 Å². The first-order valence-corrected chi connectivity index (χ1v) is 13.0. The number of carbonyl (C=O) groups is 1. The van der Waals surface area contributed by atoms with Gasteiger partial charge in [0.25, 0.3) is 11.5 Å². The van der Waals surface area contributed by atoms with E-state index in [4.69, 9.17) is 4.74 Å². The summed E-state index contributed by atoms with van der Waals surface area (Å²) in [5.41, 5.74) is 3.22. The molecule has 1 aliphatic heterocycles. The number of fused-ring (bicyclic) bond motifs is 5. The van der Waals surface area contributed by atoms with Gasteiger partial charge in [0.15, 0.2) is 6.10 Å². The highest BCUT2D eigenvalue weighted by Gasteiger charge is 2.27. The largest absolute Gasteiger partial charge is 0.481 e. The van der Waals surface area contributed by atoms with Gasteiger partial charge < -0.3 is 14.5 Å². The Hall–Kier alpha value is -4.72. The van der Waals surface area contributed by atoms with Crippen molar-refractivity contribution in [1.82, 2.24) is 14.3 Å². The number of hydrogen-bond acceptors (Lipinski definition) is 5. The second-order valence-corrected chi connectivity index (χ2v) is 9.97. The van der Waals surface area contributed by atoms with Gasteiger partial charge in [0, 0.05) is 59.6 Å². The maximum Gasteiger partial charge on any atom is 0.263 e. The van der Waals surface area contributed by atoms with E-state index in [0.29, 0.717) is 37.3 Å². The Morgan fingerprint density at radius 3 is 2.41 bits per heavy atom. The lowest BCUT2D eigenvalue weighted by Gasteiger charge is -2.37. The van der Waals surface area contributed by atoms with E-state index in [1.165, 1.54) is 12.1 Å². The lowest BCUT2D eigenvalue weighted by Crippen LogP contribution is -2.52. The molecule has 0 N–H and O–H groups in total. The number of amides is 1. The molecule has 0 aliphatic carbocycles. The molecule has 1 fully saturated rings. The Balaban J connectivity index is 1.15. The van der Waals surface area contributed by atoms with E-state index in [2.05, 4.69) is 9.88 Å². The number of hydrogen-bond donors (Lipinski definition) is 0. The first kappa shape index (κ1) is 23.4. The van der Waals surface area contributed by atoms with E-state index in [1.54, 1.807) is 29.7 Å².